The summed E-state index contributed by atoms with van der Waals surface area (Å²) in [7, 11) is 0. The van der Waals surface area contributed by atoms with Gasteiger partial charge < -0.3 is 15.7 Å². The zero-order valence-corrected chi connectivity index (χ0v) is 10.1. The first-order valence-electron chi connectivity index (χ1n) is 4.86. The van der Waals surface area contributed by atoms with Gasteiger partial charge in [0.1, 0.15) is 6.04 Å². The Morgan fingerprint density at radius 2 is 1.94 bits per heavy atom. The Hall–Kier alpha value is -1.08. The summed E-state index contributed by atoms with van der Waals surface area (Å²) in [4.78, 5) is 32.8. The van der Waals surface area contributed by atoms with Crippen molar-refractivity contribution in [2.24, 2.45) is 0 Å². The highest BCUT2D eigenvalue weighted by Crippen LogP contribution is 1.95. The number of carboxylic acids is 1. The second-order valence-corrected chi connectivity index (χ2v) is 3.72. The van der Waals surface area contributed by atoms with Crippen LogP contribution in [0, 0.1) is 0 Å². The lowest BCUT2D eigenvalue weighted by atomic mass is 10.2. The lowest BCUT2D eigenvalue weighted by Crippen LogP contribution is -2.44. The Labute approximate surface area is 99.2 Å². The molecule has 0 aliphatic carbocycles. The quantitative estimate of drug-likeness (QED) is 0.451. The number of hydrogen-bond donors (Lipinski definition) is 4. The summed E-state index contributed by atoms with van der Waals surface area (Å²) in [5.41, 5.74) is 0. The van der Waals surface area contributed by atoms with Gasteiger partial charge in [-0.1, -0.05) is 6.92 Å². The molecule has 16 heavy (non-hydrogen) atoms. The first-order chi connectivity index (χ1) is 7.38. The third-order valence-electron chi connectivity index (χ3n) is 1.89. The van der Waals surface area contributed by atoms with E-state index in [0.29, 0.717) is 6.54 Å². The SMILES string of the molecule is CCN[C@@H](CC(=O)N[C@@H](C)C(=O)S)C(=O)O. The number of likely N-dealkylation sites (N-methyl/N-ethyl adjacent to an activating group) is 1. The number of amides is 1. The maximum absolute atomic E-state index is 11.3. The number of nitrogens with one attached hydrogen (secondary N) is 2. The molecule has 3 N–H and O–H groups in total. The number of hydrogen-bond acceptors (Lipinski definition) is 4. The molecule has 0 saturated carbocycles. The molecular formula is C9H16N2O4S. The minimum absolute atomic E-state index is 0.214. The summed E-state index contributed by atoms with van der Waals surface area (Å²) in [6, 6.07) is -1.65. The zero-order chi connectivity index (χ0) is 12.7. The van der Waals surface area contributed by atoms with Crippen molar-refractivity contribution in [1.29, 1.82) is 0 Å². The van der Waals surface area contributed by atoms with Gasteiger partial charge >= 0.3 is 5.97 Å². The summed E-state index contributed by atoms with van der Waals surface area (Å²) in [6.07, 6.45) is -0.214. The van der Waals surface area contributed by atoms with Crippen molar-refractivity contribution < 1.29 is 19.5 Å². The largest absolute Gasteiger partial charge is 0.480 e. The maximum Gasteiger partial charge on any atom is 0.321 e. The van der Waals surface area contributed by atoms with Crippen LogP contribution in [-0.2, 0) is 14.4 Å². The molecule has 0 saturated heterocycles. The first kappa shape index (κ1) is 14.9. The molecule has 0 rings (SSSR count). The molecule has 0 spiro atoms. The van der Waals surface area contributed by atoms with Gasteiger partial charge in [-0.25, -0.2) is 0 Å². The molecule has 0 aromatic rings. The van der Waals surface area contributed by atoms with Crippen molar-refractivity contribution in [2.45, 2.75) is 32.4 Å². The Balaban J connectivity index is 4.19. The highest BCUT2D eigenvalue weighted by Gasteiger charge is 2.21. The standard InChI is InChI=1S/C9H16N2O4S/c1-3-10-6(8(13)14)4-7(12)11-5(2)9(15)16/h5-6,10H,3-4H2,1-2H3,(H,11,12)(H,13,14)(H,15,16)/t5-,6-/m0/s1. The van der Waals surface area contributed by atoms with Gasteiger partial charge in [-0.05, 0) is 13.5 Å². The third kappa shape index (κ3) is 5.72. The number of carbonyl (C=O) groups excluding carboxylic acids is 2. The molecule has 0 aromatic heterocycles. The molecule has 2 atom stereocenters. The van der Waals surface area contributed by atoms with E-state index in [0.717, 1.165) is 0 Å². The van der Waals surface area contributed by atoms with Crippen LogP contribution >= 0.6 is 12.6 Å². The Bertz CT molecular complexity index is 283. The minimum Gasteiger partial charge on any atom is -0.480 e. The van der Waals surface area contributed by atoms with Gasteiger partial charge in [0.2, 0.25) is 11.0 Å². The second kappa shape index (κ2) is 7.24. The highest BCUT2D eigenvalue weighted by molar-refractivity contribution is 7.96. The zero-order valence-electron chi connectivity index (χ0n) is 9.19. The molecule has 0 radical (unpaired) electrons. The number of carbonyl (C=O) groups is 3. The van der Waals surface area contributed by atoms with Gasteiger partial charge in [0, 0.05) is 0 Å². The maximum atomic E-state index is 11.3. The van der Waals surface area contributed by atoms with Gasteiger partial charge in [0.15, 0.2) is 0 Å². The van der Waals surface area contributed by atoms with Crippen LogP contribution in [0.4, 0.5) is 0 Å². The van der Waals surface area contributed by atoms with Crippen molar-refractivity contribution in [3.63, 3.8) is 0 Å². The van der Waals surface area contributed by atoms with Crippen molar-refractivity contribution >= 4 is 29.6 Å². The van der Waals surface area contributed by atoms with Crippen molar-refractivity contribution in [3.05, 3.63) is 0 Å². The molecule has 7 heteroatoms. The van der Waals surface area contributed by atoms with Gasteiger partial charge in [0.05, 0.1) is 12.5 Å². The first-order valence-corrected chi connectivity index (χ1v) is 5.31. The third-order valence-corrected chi connectivity index (χ3v) is 2.27. The van der Waals surface area contributed by atoms with Gasteiger partial charge in [-0.2, -0.15) is 0 Å². The predicted octanol–water partition coefficient (Wildman–Crippen LogP) is -0.600. The van der Waals surface area contributed by atoms with E-state index in [1.165, 1.54) is 6.92 Å². The van der Waals surface area contributed by atoms with E-state index in [1.54, 1.807) is 6.92 Å². The number of thiol groups is 1. The molecule has 0 aliphatic rings. The van der Waals surface area contributed by atoms with Gasteiger partial charge in [0.25, 0.3) is 0 Å². The lowest BCUT2D eigenvalue weighted by molar-refractivity contribution is -0.141. The Kier molecular flexibility index (Phi) is 6.75. The van der Waals surface area contributed by atoms with Gasteiger partial charge in [-0.3, -0.25) is 14.4 Å². The van der Waals surface area contributed by atoms with E-state index < -0.39 is 29.1 Å². The molecule has 0 heterocycles. The summed E-state index contributed by atoms with van der Waals surface area (Å²) < 4.78 is 0. The van der Waals surface area contributed by atoms with Gasteiger partial charge in [-0.15, -0.1) is 12.6 Å². The molecule has 0 fully saturated rings. The van der Waals surface area contributed by atoms with Crippen molar-refractivity contribution in [1.82, 2.24) is 10.6 Å². The molecule has 1 amide bonds. The number of aliphatic carboxylic acids is 1. The normalized spacial score (nSPS) is 13.9. The highest BCUT2D eigenvalue weighted by atomic mass is 32.1. The van der Waals surface area contributed by atoms with Crippen LogP contribution in [0.15, 0.2) is 0 Å². The predicted molar refractivity (Wildman–Crippen MR) is 61.3 cm³/mol. The minimum atomic E-state index is -1.10. The van der Waals surface area contributed by atoms with Crippen LogP contribution in [-0.4, -0.2) is 40.7 Å². The summed E-state index contributed by atoms with van der Waals surface area (Å²) >= 11 is 3.55. The fourth-order valence-electron chi connectivity index (χ4n) is 1.04. The van der Waals surface area contributed by atoms with Crippen LogP contribution in [0.1, 0.15) is 20.3 Å². The van der Waals surface area contributed by atoms with E-state index in [1.807, 2.05) is 0 Å². The van der Waals surface area contributed by atoms with Crippen LogP contribution < -0.4 is 10.6 Å². The van der Waals surface area contributed by atoms with Crippen LogP contribution in [0.25, 0.3) is 0 Å². The average Bonchev–Trinajstić information content (AvgIpc) is 2.16. The van der Waals surface area contributed by atoms with Crippen LogP contribution in [0.3, 0.4) is 0 Å². The number of rotatable bonds is 7. The fraction of sp³-hybridized carbons (Fsp3) is 0.667. The van der Waals surface area contributed by atoms with E-state index in [2.05, 4.69) is 23.3 Å². The smallest absolute Gasteiger partial charge is 0.321 e. The second-order valence-electron chi connectivity index (χ2n) is 3.28. The van der Waals surface area contributed by atoms with Crippen molar-refractivity contribution in [3.8, 4) is 0 Å². The Morgan fingerprint density at radius 3 is 2.31 bits per heavy atom. The van der Waals surface area contributed by atoms with E-state index in [9.17, 15) is 14.4 Å². The fourth-order valence-corrected chi connectivity index (χ4v) is 1.11. The number of carboxylic acid groups (broad SMARTS) is 1. The van der Waals surface area contributed by atoms with Crippen LogP contribution in [0.5, 0.6) is 0 Å². The van der Waals surface area contributed by atoms with E-state index >= 15 is 0 Å². The summed E-state index contributed by atoms with van der Waals surface area (Å²) in [5, 5.41) is 13.3. The van der Waals surface area contributed by atoms with E-state index in [4.69, 9.17) is 5.11 Å². The monoisotopic (exact) mass is 248 g/mol. The lowest BCUT2D eigenvalue weighted by Gasteiger charge is -2.14. The summed E-state index contributed by atoms with van der Waals surface area (Å²) in [5.74, 6) is -1.59. The summed E-state index contributed by atoms with van der Waals surface area (Å²) in [6.45, 7) is 3.68. The molecule has 0 unspecified atom stereocenters. The topological polar surface area (TPSA) is 95.5 Å². The molecule has 0 aromatic carbocycles. The average molecular weight is 248 g/mol. The molecule has 92 valence electrons. The molecule has 0 bridgehead atoms. The van der Waals surface area contributed by atoms with Crippen LogP contribution in [0.2, 0.25) is 0 Å². The molecular weight excluding hydrogens is 232 g/mol. The Morgan fingerprint density at radius 1 is 1.38 bits per heavy atom. The molecule has 6 nitrogen and oxygen atoms in total. The van der Waals surface area contributed by atoms with Crippen molar-refractivity contribution in [2.75, 3.05) is 6.54 Å². The van der Waals surface area contributed by atoms with E-state index in [-0.39, 0.29) is 6.42 Å². The molecule has 0 aliphatic heterocycles.